The van der Waals surface area contributed by atoms with E-state index in [2.05, 4.69) is 23.1 Å². The number of benzene rings is 2. The van der Waals surface area contributed by atoms with Crippen LogP contribution in [0.15, 0.2) is 36.4 Å². The Morgan fingerprint density at radius 1 is 0.951 bits per heavy atom. The number of imide groups is 1. The molecule has 0 aromatic heterocycles. The second kappa shape index (κ2) is 13.3. The fraction of sp³-hybridized carbons (Fsp3) is 0.531. The van der Waals surface area contributed by atoms with Crippen molar-refractivity contribution >= 4 is 29.4 Å². The third-order valence-electron chi connectivity index (χ3n) is 8.81. The molecule has 8 nitrogen and oxygen atoms in total. The normalized spacial score (nSPS) is 22.2. The number of ether oxygens (including phenoxy) is 3. The third kappa shape index (κ3) is 6.87. The van der Waals surface area contributed by atoms with Crippen LogP contribution in [0.3, 0.4) is 0 Å². The molecule has 1 saturated heterocycles. The summed E-state index contributed by atoms with van der Waals surface area (Å²) >= 11 is 6.31. The fourth-order valence-corrected chi connectivity index (χ4v) is 6.80. The topological polar surface area (TPSA) is 85.4 Å². The largest absolute Gasteiger partial charge is 0.493 e. The minimum atomic E-state index is -0.143. The maximum absolute atomic E-state index is 12.1. The highest BCUT2D eigenvalue weighted by atomic mass is 35.5. The van der Waals surface area contributed by atoms with Gasteiger partial charge in [-0.2, -0.15) is 0 Å². The monoisotopic (exact) mass is 582 g/mol. The first-order chi connectivity index (χ1) is 19.9. The lowest BCUT2D eigenvalue weighted by atomic mass is 9.81. The highest BCUT2D eigenvalue weighted by Gasteiger charge is 2.33. The molecule has 1 atom stereocenters. The number of likely N-dealkylation sites (tertiary alicyclic amines) is 1. The van der Waals surface area contributed by atoms with Crippen molar-refractivity contribution in [2.24, 2.45) is 11.8 Å². The molecular formula is C32H39ClN2O6. The van der Waals surface area contributed by atoms with Crippen LogP contribution in [0.25, 0.3) is 0 Å². The molecule has 2 amide bonds. The maximum atomic E-state index is 12.1. The molecule has 220 valence electrons. The molecule has 5 rings (SSSR count). The van der Waals surface area contributed by atoms with Gasteiger partial charge in [0.25, 0.3) is 0 Å². The minimum absolute atomic E-state index is 0.0116. The summed E-state index contributed by atoms with van der Waals surface area (Å²) in [6, 6.07) is 12.5. The molecule has 3 aliphatic rings. The van der Waals surface area contributed by atoms with Crippen LogP contribution in [-0.4, -0.2) is 61.5 Å². The Bertz CT molecular complexity index is 1260. The van der Waals surface area contributed by atoms with E-state index in [9.17, 15) is 14.4 Å². The van der Waals surface area contributed by atoms with E-state index in [-0.39, 0.29) is 55.7 Å². The van der Waals surface area contributed by atoms with Gasteiger partial charge in [0.1, 0.15) is 6.61 Å². The van der Waals surface area contributed by atoms with Gasteiger partial charge in [-0.05, 0) is 85.4 Å². The molecule has 2 aromatic carbocycles. The zero-order chi connectivity index (χ0) is 28.9. The van der Waals surface area contributed by atoms with Gasteiger partial charge in [-0.25, -0.2) is 0 Å². The third-order valence-corrected chi connectivity index (χ3v) is 9.04. The van der Waals surface area contributed by atoms with Crippen LogP contribution >= 0.6 is 11.6 Å². The van der Waals surface area contributed by atoms with Crippen LogP contribution in [0.5, 0.6) is 11.5 Å². The van der Waals surface area contributed by atoms with Gasteiger partial charge in [0, 0.05) is 37.0 Å². The van der Waals surface area contributed by atoms with E-state index in [4.69, 9.17) is 25.8 Å². The Kier molecular flexibility index (Phi) is 9.50. The van der Waals surface area contributed by atoms with Crippen LogP contribution in [0.2, 0.25) is 5.02 Å². The molecule has 41 heavy (non-hydrogen) atoms. The first-order valence-electron chi connectivity index (χ1n) is 14.6. The van der Waals surface area contributed by atoms with Crippen LogP contribution in [-0.2, 0) is 32.1 Å². The average Bonchev–Trinajstić information content (AvgIpc) is 3.55. The Balaban J connectivity index is 1.29. The minimum Gasteiger partial charge on any atom is -0.493 e. The van der Waals surface area contributed by atoms with Crippen LogP contribution in [0.1, 0.15) is 67.7 Å². The second-order valence-electron chi connectivity index (χ2n) is 11.3. The maximum Gasteiger partial charge on any atom is 0.308 e. The van der Waals surface area contributed by atoms with Crippen molar-refractivity contribution in [1.82, 2.24) is 9.80 Å². The lowest BCUT2D eigenvalue weighted by Gasteiger charge is -2.36. The van der Waals surface area contributed by atoms with E-state index >= 15 is 0 Å². The number of methoxy groups -OCH3 is 2. The van der Waals surface area contributed by atoms with Crippen LogP contribution in [0, 0.1) is 11.8 Å². The molecule has 1 saturated carbocycles. The molecule has 9 heteroatoms. The fourth-order valence-electron chi connectivity index (χ4n) is 6.61. The second-order valence-corrected chi connectivity index (χ2v) is 11.8. The van der Waals surface area contributed by atoms with Crippen molar-refractivity contribution in [3.8, 4) is 11.5 Å². The number of amides is 2. The summed E-state index contributed by atoms with van der Waals surface area (Å²) in [5.74, 6) is 1.36. The SMILES string of the molecule is COC(=O)C1CCC(CN(Cc2ccc(OCCN3C(=O)CCC3=O)c(OC)c2)[C@H]2CCc3cc(Cl)ccc32)CC1. The van der Waals surface area contributed by atoms with E-state index in [1.807, 2.05) is 18.2 Å². The first-order valence-corrected chi connectivity index (χ1v) is 15.0. The van der Waals surface area contributed by atoms with E-state index in [0.717, 1.165) is 62.2 Å². The van der Waals surface area contributed by atoms with Crippen molar-refractivity contribution in [2.45, 2.75) is 64.0 Å². The lowest BCUT2D eigenvalue weighted by molar-refractivity contribution is -0.147. The van der Waals surface area contributed by atoms with Gasteiger partial charge in [-0.3, -0.25) is 24.2 Å². The van der Waals surface area contributed by atoms with Crippen LogP contribution in [0.4, 0.5) is 0 Å². The Labute approximate surface area is 246 Å². The summed E-state index contributed by atoms with van der Waals surface area (Å²) < 4.78 is 16.6. The Morgan fingerprint density at radius 3 is 2.41 bits per heavy atom. The predicted molar refractivity (Wildman–Crippen MR) is 155 cm³/mol. The summed E-state index contributed by atoms with van der Waals surface area (Å²) in [5.41, 5.74) is 3.78. The van der Waals surface area contributed by atoms with E-state index in [1.165, 1.54) is 23.1 Å². The molecule has 0 bridgehead atoms. The Morgan fingerprint density at radius 2 is 1.71 bits per heavy atom. The summed E-state index contributed by atoms with van der Waals surface area (Å²) in [5, 5.41) is 0.774. The molecule has 2 aromatic rings. The number of halogens is 1. The van der Waals surface area contributed by atoms with E-state index in [0.29, 0.717) is 17.4 Å². The van der Waals surface area contributed by atoms with Gasteiger partial charge in [-0.1, -0.05) is 23.7 Å². The van der Waals surface area contributed by atoms with Gasteiger partial charge < -0.3 is 14.2 Å². The van der Waals surface area contributed by atoms with Gasteiger partial charge in [-0.15, -0.1) is 0 Å². The predicted octanol–water partition coefficient (Wildman–Crippen LogP) is 5.35. The number of hydrogen-bond donors (Lipinski definition) is 0. The van der Waals surface area contributed by atoms with Gasteiger partial charge in [0.05, 0.1) is 26.7 Å². The smallest absolute Gasteiger partial charge is 0.308 e. The van der Waals surface area contributed by atoms with Gasteiger partial charge in [0.15, 0.2) is 11.5 Å². The highest BCUT2D eigenvalue weighted by molar-refractivity contribution is 6.30. The summed E-state index contributed by atoms with van der Waals surface area (Å²) in [6.07, 6.45) is 6.36. The molecular weight excluding hydrogens is 544 g/mol. The number of esters is 1. The number of rotatable bonds is 11. The van der Waals surface area contributed by atoms with Crippen molar-refractivity contribution < 1.29 is 28.6 Å². The standard InChI is InChI=1S/C32H39ClN2O6/c1-39-29-17-22(5-12-28(29)41-16-15-35-30(36)13-14-31(35)37)20-34(19-21-3-6-23(7-4-21)32(38)40-2)27-11-8-24-18-25(33)9-10-26(24)27/h5,9-10,12,17-18,21,23,27H,3-4,6-8,11,13-16,19-20H2,1-2H3/t21?,23?,27-/m0/s1. The molecule has 0 unspecified atom stereocenters. The molecule has 1 heterocycles. The number of hydrogen-bond acceptors (Lipinski definition) is 7. The number of fused-ring (bicyclic) bond motifs is 1. The Hall–Kier alpha value is -3.10. The van der Waals surface area contributed by atoms with Crippen molar-refractivity contribution in [2.75, 3.05) is 33.9 Å². The highest BCUT2D eigenvalue weighted by Crippen LogP contribution is 2.40. The van der Waals surface area contributed by atoms with E-state index in [1.54, 1.807) is 7.11 Å². The van der Waals surface area contributed by atoms with Crippen molar-refractivity contribution in [3.05, 3.63) is 58.1 Å². The zero-order valence-corrected chi connectivity index (χ0v) is 24.7. The first kappa shape index (κ1) is 29.4. The molecule has 2 fully saturated rings. The number of carbonyl (C=O) groups excluding carboxylic acids is 3. The number of nitrogens with zero attached hydrogens (tertiary/aromatic N) is 2. The van der Waals surface area contributed by atoms with E-state index < -0.39 is 0 Å². The summed E-state index contributed by atoms with van der Waals surface area (Å²) in [7, 11) is 3.09. The molecule has 0 spiro atoms. The molecule has 0 radical (unpaired) electrons. The van der Waals surface area contributed by atoms with Gasteiger partial charge >= 0.3 is 5.97 Å². The molecule has 1 aliphatic heterocycles. The van der Waals surface area contributed by atoms with Crippen molar-refractivity contribution in [3.63, 3.8) is 0 Å². The molecule has 0 N–H and O–H groups in total. The average molecular weight is 583 g/mol. The number of carbonyl (C=O) groups is 3. The number of aryl methyl sites for hydroxylation is 1. The van der Waals surface area contributed by atoms with Gasteiger partial charge in [0.2, 0.25) is 11.8 Å². The molecule has 2 aliphatic carbocycles. The summed E-state index contributed by atoms with van der Waals surface area (Å²) in [4.78, 5) is 39.7. The van der Waals surface area contributed by atoms with Crippen LogP contribution < -0.4 is 9.47 Å². The van der Waals surface area contributed by atoms with Crippen molar-refractivity contribution in [1.29, 1.82) is 0 Å². The summed E-state index contributed by atoms with van der Waals surface area (Å²) in [6.45, 7) is 2.14. The quantitative estimate of drug-likeness (QED) is 0.261. The lowest BCUT2D eigenvalue weighted by Crippen LogP contribution is -2.34. The zero-order valence-electron chi connectivity index (χ0n) is 23.9.